The van der Waals surface area contributed by atoms with Crippen LogP contribution in [0.4, 0.5) is 0 Å². The second-order valence-corrected chi connectivity index (χ2v) is 6.02. The van der Waals surface area contributed by atoms with E-state index in [2.05, 4.69) is 12.1 Å². The highest BCUT2D eigenvalue weighted by Crippen LogP contribution is 2.28. The summed E-state index contributed by atoms with van der Waals surface area (Å²) in [6, 6.07) is 10.1. The Morgan fingerprint density at radius 2 is 2.05 bits per heavy atom. The summed E-state index contributed by atoms with van der Waals surface area (Å²) < 4.78 is 0. The van der Waals surface area contributed by atoms with Crippen LogP contribution in [0.5, 0.6) is 0 Å². The molecule has 1 aromatic carbocycles. The molecule has 2 nitrogen and oxygen atoms in total. The van der Waals surface area contributed by atoms with E-state index >= 15 is 0 Å². The highest BCUT2D eigenvalue weighted by atomic mass is 16.3. The largest absolute Gasteiger partial charge is 0.387 e. The van der Waals surface area contributed by atoms with E-state index in [1.807, 2.05) is 18.2 Å². The number of hydrogen-bond donors (Lipinski definition) is 1. The fourth-order valence-corrected chi connectivity index (χ4v) is 3.23. The van der Waals surface area contributed by atoms with Crippen molar-refractivity contribution in [2.24, 2.45) is 5.92 Å². The van der Waals surface area contributed by atoms with Crippen LogP contribution >= 0.6 is 0 Å². The summed E-state index contributed by atoms with van der Waals surface area (Å²) in [6.45, 7) is 0. The van der Waals surface area contributed by atoms with E-state index in [4.69, 9.17) is 5.26 Å². The van der Waals surface area contributed by atoms with E-state index in [0.29, 0.717) is 0 Å². The zero-order valence-electron chi connectivity index (χ0n) is 12.2. The topological polar surface area (TPSA) is 44.0 Å². The van der Waals surface area contributed by atoms with Crippen molar-refractivity contribution in [2.45, 2.75) is 63.9 Å². The molecule has 1 aliphatic carbocycles. The number of aliphatic hydroxyl groups is 1. The summed E-state index contributed by atoms with van der Waals surface area (Å²) in [5.41, 5.74) is 2.16. The molecular formula is C18H25NO. The van der Waals surface area contributed by atoms with E-state index < -0.39 is 6.10 Å². The monoisotopic (exact) mass is 271 g/mol. The highest BCUT2D eigenvalue weighted by Gasteiger charge is 2.13. The molecule has 0 spiro atoms. The van der Waals surface area contributed by atoms with Crippen molar-refractivity contribution < 1.29 is 5.11 Å². The van der Waals surface area contributed by atoms with Crippen molar-refractivity contribution in [1.29, 1.82) is 5.26 Å². The molecule has 2 rings (SSSR count). The summed E-state index contributed by atoms with van der Waals surface area (Å²) in [5, 5.41) is 18.5. The Morgan fingerprint density at radius 1 is 1.25 bits per heavy atom. The van der Waals surface area contributed by atoms with Crippen LogP contribution in [0.1, 0.15) is 68.6 Å². The van der Waals surface area contributed by atoms with Crippen LogP contribution in [-0.2, 0) is 6.42 Å². The average molecular weight is 271 g/mol. The van der Waals surface area contributed by atoms with E-state index in [0.717, 1.165) is 17.9 Å². The Balaban J connectivity index is 1.80. The first-order chi connectivity index (χ1) is 9.79. The van der Waals surface area contributed by atoms with E-state index in [1.54, 1.807) is 0 Å². The molecule has 1 N–H and O–H groups in total. The molecule has 0 bridgehead atoms. The van der Waals surface area contributed by atoms with Crippen molar-refractivity contribution in [1.82, 2.24) is 0 Å². The van der Waals surface area contributed by atoms with Gasteiger partial charge in [0.05, 0.1) is 18.6 Å². The first kappa shape index (κ1) is 15.1. The smallest absolute Gasteiger partial charge is 0.0920 e. The summed E-state index contributed by atoms with van der Waals surface area (Å²) in [4.78, 5) is 0. The second-order valence-electron chi connectivity index (χ2n) is 6.02. The summed E-state index contributed by atoms with van der Waals surface area (Å²) >= 11 is 0. The zero-order chi connectivity index (χ0) is 14.2. The van der Waals surface area contributed by atoms with Crippen LogP contribution in [0.15, 0.2) is 24.3 Å². The third-order valence-corrected chi connectivity index (χ3v) is 4.42. The summed E-state index contributed by atoms with van der Waals surface area (Å²) in [6.07, 6.45) is 10.3. The quantitative estimate of drug-likeness (QED) is 0.825. The Hall–Kier alpha value is -1.33. The lowest BCUT2D eigenvalue weighted by molar-refractivity contribution is 0.183. The highest BCUT2D eigenvalue weighted by molar-refractivity contribution is 5.25. The minimum atomic E-state index is -0.640. The van der Waals surface area contributed by atoms with Crippen molar-refractivity contribution in [3.8, 4) is 6.07 Å². The Bertz CT molecular complexity index is 443. The van der Waals surface area contributed by atoms with Gasteiger partial charge in [0, 0.05) is 0 Å². The second kappa shape index (κ2) is 8.07. The van der Waals surface area contributed by atoms with Gasteiger partial charge in [-0.15, -0.1) is 0 Å². The summed E-state index contributed by atoms with van der Waals surface area (Å²) in [5.74, 6) is 0.941. The predicted octanol–water partition coefficient (Wildman–Crippen LogP) is 4.54. The molecule has 0 heterocycles. The minimum Gasteiger partial charge on any atom is -0.387 e. The molecule has 0 aromatic heterocycles. The SMILES string of the molecule is N#CCC(O)c1cccc(CCCC2CCCCC2)c1. The van der Waals surface area contributed by atoms with Gasteiger partial charge in [0.15, 0.2) is 0 Å². The van der Waals surface area contributed by atoms with Gasteiger partial charge in [-0.05, 0) is 29.9 Å². The molecule has 1 fully saturated rings. The molecule has 108 valence electrons. The lowest BCUT2D eigenvalue weighted by Crippen LogP contribution is -2.06. The van der Waals surface area contributed by atoms with Gasteiger partial charge in [-0.1, -0.05) is 62.8 Å². The molecule has 1 unspecified atom stereocenters. The maximum absolute atomic E-state index is 9.85. The van der Waals surface area contributed by atoms with Gasteiger partial charge in [0.2, 0.25) is 0 Å². The van der Waals surface area contributed by atoms with Crippen molar-refractivity contribution >= 4 is 0 Å². The first-order valence-corrected chi connectivity index (χ1v) is 7.93. The molecule has 0 saturated heterocycles. The number of nitriles is 1. The predicted molar refractivity (Wildman–Crippen MR) is 81.1 cm³/mol. The molecule has 0 aliphatic heterocycles. The van der Waals surface area contributed by atoms with Gasteiger partial charge in [0.25, 0.3) is 0 Å². The van der Waals surface area contributed by atoms with Crippen molar-refractivity contribution in [3.05, 3.63) is 35.4 Å². The number of aryl methyl sites for hydroxylation is 1. The zero-order valence-corrected chi connectivity index (χ0v) is 12.2. The van der Waals surface area contributed by atoms with Gasteiger partial charge in [-0.2, -0.15) is 5.26 Å². The fraction of sp³-hybridized carbons (Fsp3) is 0.611. The number of rotatable bonds is 6. The lowest BCUT2D eigenvalue weighted by atomic mass is 9.85. The van der Waals surface area contributed by atoms with Crippen LogP contribution in [0.2, 0.25) is 0 Å². The fourth-order valence-electron chi connectivity index (χ4n) is 3.23. The molecule has 1 saturated carbocycles. The van der Waals surface area contributed by atoms with Gasteiger partial charge < -0.3 is 5.11 Å². The molecular weight excluding hydrogens is 246 g/mol. The van der Waals surface area contributed by atoms with Gasteiger partial charge in [-0.3, -0.25) is 0 Å². The van der Waals surface area contributed by atoms with E-state index in [-0.39, 0.29) is 6.42 Å². The molecule has 0 radical (unpaired) electrons. The average Bonchev–Trinajstić information content (AvgIpc) is 2.49. The van der Waals surface area contributed by atoms with Crippen LogP contribution in [0.3, 0.4) is 0 Å². The van der Waals surface area contributed by atoms with Gasteiger partial charge in [-0.25, -0.2) is 0 Å². The van der Waals surface area contributed by atoms with E-state index in [9.17, 15) is 5.11 Å². The molecule has 1 aliphatic rings. The third kappa shape index (κ3) is 4.65. The van der Waals surface area contributed by atoms with Gasteiger partial charge in [0.1, 0.15) is 0 Å². The number of aliphatic hydroxyl groups excluding tert-OH is 1. The lowest BCUT2D eigenvalue weighted by Gasteiger charge is -2.21. The van der Waals surface area contributed by atoms with Crippen molar-refractivity contribution in [3.63, 3.8) is 0 Å². The van der Waals surface area contributed by atoms with E-state index in [1.165, 1.54) is 50.5 Å². The number of nitrogens with zero attached hydrogens (tertiary/aromatic N) is 1. The maximum Gasteiger partial charge on any atom is 0.0920 e. The Kier molecular flexibility index (Phi) is 6.08. The first-order valence-electron chi connectivity index (χ1n) is 7.93. The molecule has 20 heavy (non-hydrogen) atoms. The number of benzene rings is 1. The molecule has 1 atom stereocenters. The Morgan fingerprint density at radius 3 is 2.80 bits per heavy atom. The van der Waals surface area contributed by atoms with Crippen LogP contribution < -0.4 is 0 Å². The molecule has 1 aromatic rings. The van der Waals surface area contributed by atoms with Crippen LogP contribution in [0, 0.1) is 17.2 Å². The minimum absolute atomic E-state index is 0.172. The summed E-state index contributed by atoms with van der Waals surface area (Å²) in [7, 11) is 0. The van der Waals surface area contributed by atoms with Crippen LogP contribution in [-0.4, -0.2) is 5.11 Å². The maximum atomic E-state index is 9.85. The Labute approximate surface area is 122 Å². The number of hydrogen-bond acceptors (Lipinski definition) is 2. The molecule has 2 heteroatoms. The van der Waals surface area contributed by atoms with Crippen molar-refractivity contribution in [2.75, 3.05) is 0 Å². The standard InChI is InChI=1S/C18H25NO/c19-13-12-18(20)17-11-5-10-16(14-17)9-4-8-15-6-2-1-3-7-15/h5,10-11,14-15,18,20H,1-4,6-9,12H2. The third-order valence-electron chi connectivity index (χ3n) is 4.42. The van der Waals surface area contributed by atoms with Gasteiger partial charge >= 0.3 is 0 Å². The van der Waals surface area contributed by atoms with Crippen LogP contribution in [0.25, 0.3) is 0 Å². The normalized spacial score (nSPS) is 17.6. The molecule has 0 amide bonds.